The predicted molar refractivity (Wildman–Crippen MR) is 126 cm³/mol. The molecule has 1 aliphatic rings. The average molecular weight is 483 g/mol. The zero-order valence-electron chi connectivity index (χ0n) is 19.5. The first-order valence-electron chi connectivity index (χ1n) is 11.4. The first-order valence-corrected chi connectivity index (χ1v) is 11.4. The molecule has 0 atom stereocenters. The van der Waals surface area contributed by atoms with Gasteiger partial charge in [0.2, 0.25) is 0 Å². The molecule has 0 unspecified atom stereocenters. The summed E-state index contributed by atoms with van der Waals surface area (Å²) in [6, 6.07) is 11.8. The summed E-state index contributed by atoms with van der Waals surface area (Å²) >= 11 is 0. The predicted octanol–water partition coefficient (Wildman–Crippen LogP) is 5.05. The number of hydrogen-bond donors (Lipinski definition) is 2. The van der Waals surface area contributed by atoms with E-state index in [4.69, 9.17) is 13.9 Å². The van der Waals surface area contributed by atoms with Crippen LogP contribution >= 0.6 is 0 Å². The maximum atomic E-state index is 13.6. The highest BCUT2D eigenvalue weighted by atomic mass is 19.1. The molecule has 0 radical (unpaired) electrons. The third kappa shape index (κ3) is 6.14. The number of methoxy groups -OCH3 is 2. The summed E-state index contributed by atoms with van der Waals surface area (Å²) < 4.78 is 28.6. The summed E-state index contributed by atoms with van der Waals surface area (Å²) in [4.78, 5) is 24.0. The molecule has 35 heavy (non-hydrogen) atoms. The van der Waals surface area contributed by atoms with Crippen LogP contribution in [0.1, 0.15) is 54.3 Å². The summed E-state index contributed by atoms with van der Waals surface area (Å²) in [5.74, 6) is -0.521. The van der Waals surface area contributed by atoms with Crippen molar-refractivity contribution in [2.24, 2.45) is 5.92 Å². The maximum absolute atomic E-state index is 13.6. The van der Waals surface area contributed by atoms with Crippen molar-refractivity contribution in [2.75, 3.05) is 24.9 Å². The van der Waals surface area contributed by atoms with E-state index >= 15 is 0 Å². The van der Waals surface area contributed by atoms with Crippen molar-refractivity contribution in [1.29, 1.82) is 0 Å². The Bertz CT molecular complexity index is 1170. The van der Waals surface area contributed by atoms with E-state index in [0.29, 0.717) is 29.6 Å². The Labute approximate surface area is 202 Å². The van der Waals surface area contributed by atoms with E-state index in [1.165, 1.54) is 38.0 Å². The van der Waals surface area contributed by atoms with Crippen LogP contribution in [0.25, 0.3) is 0 Å². The van der Waals surface area contributed by atoms with Crippen LogP contribution < -0.4 is 15.4 Å². The third-order valence-electron chi connectivity index (χ3n) is 6.19. The Morgan fingerprint density at radius 2 is 1.74 bits per heavy atom. The number of amides is 1. The van der Waals surface area contributed by atoms with Gasteiger partial charge in [0.15, 0.2) is 11.6 Å². The highest BCUT2D eigenvalue weighted by Crippen LogP contribution is 2.37. The molecule has 0 spiro atoms. The average Bonchev–Trinajstić information content (AvgIpc) is 3.35. The maximum Gasteiger partial charge on any atom is 0.320 e. The molecule has 184 valence electrons. The molecule has 9 nitrogen and oxygen atoms in total. The van der Waals surface area contributed by atoms with E-state index in [9.17, 15) is 14.0 Å². The molecule has 4 rings (SSSR count). The first-order chi connectivity index (χ1) is 16.9. The molecule has 2 aromatic carbocycles. The number of nitrogens with zero attached hydrogens (tertiary/aromatic N) is 2. The molecule has 1 heterocycles. The molecule has 1 aromatic heterocycles. The van der Waals surface area contributed by atoms with E-state index in [1.54, 1.807) is 0 Å². The Morgan fingerprint density at radius 1 is 1.03 bits per heavy atom. The van der Waals surface area contributed by atoms with Gasteiger partial charge in [-0.25, -0.2) is 4.39 Å². The molecule has 1 aliphatic carbocycles. The Hall–Kier alpha value is -3.95. The highest BCUT2D eigenvalue weighted by molar-refractivity contribution is 6.00. The van der Waals surface area contributed by atoms with Gasteiger partial charge in [0.05, 0.1) is 14.2 Å². The number of rotatable bonds is 8. The normalized spacial score (nSPS) is 17.5. The fourth-order valence-electron chi connectivity index (χ4n) is 4.27. The second-order valence-corrected chi connectivity index (χ2v) is 8.46. The van der Waals surface area contributed by atoms with Gasteiger partial charge < -0.3 is 24.5 Å². The molecule has 3 aromatic rings. The van der Waals surface area contributed by atoms with Crippen molar-refractivity contribution in [3.8, 4) is 5.75 Å². The number of nitrogens with one attached hydrogen (secondary N) is 2. The molecule has 0 saturated heterocycles. The zero-order valence-corrected chi connectivity index (χ0v) is 19.5. The molecule has 0 bridgehead atoms. The highest BCUT2D eigenvalue weighted by Gasteiger charge is 2.24. The number of benzene rings is 2. The largest absolute Gasteiger partial charge is 0.494 e. The van der Waals surface area contributed by atoms with Crippen LogP contribution in [0.4, 0.5) is 21.8 Å². The van der Waals surface area contributed by atoms with Gasteiger partial charge in [-0.15, -0.1) is 5.10 Å². The van der Waals surface area contributed by atoms with Gasteiger partial charge in [0.1, 0.15) is 0 Å². The molecule has 1 amide bonds. The van der Waals surface area contributed by atoms with Crippen LogP contribution in [-0.2, 0) is 9.53 Å². The number of esters is 1. The van der Waals surface area contributed by atoms with Crippen LogP contribution in [0.3, 0.4) is 0 Å². The SMILES string of the molecule is COC(=O)CC1CCC(c2ccc(NC(=O)c3nnc(Nc4ccc(F)c(OC)c4)o3)cc2)CC1. The van der Waals surface area contributed by atoms with Crippen molar-refractivity contribution < 1.29 is 27.9 Å². The second-order valence-electron chi connectivity index (χ2n) is 8.46. The van der Waals surface area contributed by atoms with Crippen LogP contribution in [0.15, 0.2) is 46.9 Å². The third-order valence-corrected chi connectivity index (χ3v) is 6.19. The van der Waals surface area contributed by atoms with Gasteiger partial charge in [-0.1, -0.05) is 17.2 Å². The number of carbonyl (C=O) groups is 2. The van der Waals surface area contributed by atoms with Gasteiger partial charge >= 0.3 is 23.8 Å². The lowest BCUT2D eigenvalue weighted by molar-refractivity contribution is -0.142. The Kier molecular flexibility index (Phi) is 7.59. The first kappa shape index (κ1) is 24.2. The lowest BCUT2D eigenvalue weighted by Gasteiger charge is -2.28. The van der Waals surface area contributed by atoms with E-state index < -0.39 is 11.7 Å². The van der Waals surface area contributed by atoms with E-state index in [-0.39, 0.29) is 23.6 Å². The van der Waals surface area contributed by atoms with Crippen LogP contribution in [0, 0.1) is 11.7 Å². The number of aromatic nitrogens is 2. The molecule has 2 N–H and O–H groups in total. The monoisotopic (exact) mass is 482 g/mol. The van der Waals surface area contributed by atoms with Gasteiger partial charge in [0.25, 0.3) is 0 Å². The van der Waals surface area contributed by atoms with Gasteiger partial charge in [-0.05, 0) is 67.3 Å². The number of halogens is 1. The van der Waals surface area contributed by atoms with Gasteiger partial charge in [-0.3, -0.25) is 9.59 Å². The van der Waals surface area contributed by atoms with Gasteiger partial charge in [0, 0.05) is 23.9 Å². The molecule has 1 saturated carbocycles. The summed E-state index contributed by atoms with van der Waals surface area (Å²) in [6.45, 7) is 0. The fraction of sp³-hybridized carbons (Fsp3) is 0.360. The van der Waals surface area contributed by atoms with E-state index in [2.05, 4.69) is 20.8 Å². The van der Waals surface area contributed by atoms with E-state index in [0.717, 1.165) is 25.7 Å². The zero-order chi connectivity index (χ0) is 24.8. The second kappa shape index (κ2) is 11.0. The Morgan fingerprint density at radius 3 is 2.43 bits per heavy atom. The lowest BCUT2D eigenvalue weighted by Crippen LogP contribution is -2.17. The molecule has 10 heteroatoms. The Balaban J connectivity index is 1.30. The van der Waals surface area contributed by atoms with Crippen LogP contribution in [-0.4, -0.2) is 36.3 Å². The molecular weight excluding hydrogens is 455 g/mol. The topological polar surface area (TPSA) is 116 Å². The van der Waals surface area contributed by atoms with Gasteiger partial charge in [-0.2, -0.15) is 0 Å². The summed E-state index contributed by atoms with van der Waals surface area (Å²) in [5.41, 5.74) is 2.28. The van der Waals surface area contributed by atoms with Crippen molar-refractivity contribution in [1.82, 2.24) is 10.2 Å². The summed E-state index contributed by atoms with van der Waals surface area (Å²) in [6.07, 6.45) is 4.52. The molecular formula is C25H27FN4O5. The minimum atomic E-state index is -0.543. The number of hydrogen-bond acceptors (Lipinski definition) is 8. The van der Waals surface area contributed by atoms with Crippen molar-refractivity contribution >= 4 is 29.3 Å². The number of ether oxygens (including phenoxy) is 2. The lowest BCUT2D eigenvalue weighted by atomic mass is 9.77. The van der Waals surface area contributed by atoms with Crippen LogP contribution in [0.2, 0.25) is 0 Å². The smallest absolute Gasteiger partial charge is 0.320 e. The standard InChI is InChI=1S/C25H27FN4O5/c1-33-21-14-19(11-12-20(21)26)28-25-30-29-24(35-25)23(32)27-18-9-7-17(8-10-18)16-5-3-15(4-6-16)13-22(31)34-2/h7-12,14-16H,3-6,13H2,1-2H3,(H,27,32)(H,28,30). The van der Waals surface area contributed by atoms with Crippen LogP contribution in [0.5, 0.6) is 5.75 Å². The number of carbonyl (C=O) groups excluding carboxylic acids is 2. The quantitative estimate of drug-likeness (QED) is 0.429. The minimum absolute atomic E-state index is 0.0121. The number of anilines is 3. The summed E-state index contributed by atoms with van der Waals surface area (Å²) in [7, 11) is 2.79. The summed E-state index contributed by atoms with van der Waals surface area (Å²) in [5, 5.41) is 13.1. The molecule has 1 fully saturated rings. The van der Waals surface area contributed by atoms with E-state index in [1.807, 2.05) is 24.3 Å². The van der Waals surface area contributed by atoms with Crippen molar-refractivity contribution in [2.45, 2.75) is 38.0 Å². The minimum Gasteiger partial charge on any atom is -0.494 e. The molecule has 0 aliphatic heterocycles. The van der Waals surface area contributed by atoms with Crippen molar-refractivity contribution in [3.63, 3.8) is 0 Å². The van der Waals surface area contributed by atoms with Crippen molar-refractivity contribution in [3.05, 3.63) is 59.7 Å². The fourth-order valence-corrected chi connectivity index (χ4v) is 4.27.